The monoisotopic (exact) mass is 518 g/mol. The van der Waals surface area contributed by atoms with Gasteiger partial charge in [-0.05, 0) is 60.7 Å². The fraction of sp³-hybridized carbons (Fsp3) is 0.0556. The van der Waals surface area contributed by atoms with Crippen LogP contribution >= 0.6 is 9.16 Å². The fourth-order valence-corrected chi connectivity index (χ4v) is 12.1. The Morgan fingerprint density at radius 1 is 0.590 bits per heavy atom. The topological polar surface area (TPSA) is 25.8 Å². The average molecular weight is 519 g/mol. The quantitative estimate of drug-likeness (QED) is 0.140. The molecule has 2 nitrogen and oxygen atoms in total. The number of thiol groups is 1. The third kappa shape index (κ3) is 2.45. The summed E-state index contributed by atoms with van der Waals surface area (Å²) in [4.78, 5) is 13.8. The molecule has 1 aromatic heterocycles. The zero-order valence-electron chi connectivity index (χ0n) is 21.8. The molecule has 10 rings (SSSR count). The first-order valence-electron chi connectivity index (χ1n) is 13.5. The van der Waals surface area contributed by atoms with Crippen molar-refractivity contribution < 1.29 is 0 Å². The zero-order chi connectivity index (χ0) is 26.0. The third-order valence-electron chi connectivity index (χ3n) is 9.29. The highest BCUT2D eigenvalue weighted by molar-refractivity contribution is 8.56. The molecular formula is C36H26N2S. The number of rotatable bonds is 2. The number of aromatic nitrogens is 2. The number of hydrogen-bond donors (Lipinski definition) is 1. The van der Waals surface area contributed by atoms with E-state index in [1.54, 1.807) is 0 Å². The maximum absolute atomic E-state index is 5.44. The van der Waals surface area contributed by atoms with E-state index in [1.807, 2.05) is 0 Å². The lowest BCUT2D eigenvalue weighted by molar-refractivity contribution is 1.05. The smallest absolute Gasteiger partial charge is 0.160 e. The summed E-state index contributed by atoms with van der Waals surface area (Å²) in [5.74, 6) is 0.816. The summed E-state index contributed by atoms with van der Waals surface area (Å²) in [6.45, 7) is 0. The number of nitrogens with zero attached hydrogens (tertiary/aromatic N) is 2. The van der Waals surface area contributed by atoms with Crippen LogP contribution in [0, 0.1) is 0 Å². The first kappa shape index (κ1) is 21.5. The summed E-state index contributed by atoms with van der Waals surface area (Å²) in [6.07, 6.45) is 11.8. The molecule has 0 amide bonds. The van der Waals surface area contributed by atoms with Crippen LogP contribution < -0.4 is 0 Å². The predicted octanol–water partition coefficient (Wildman–Crippen LogP) is 9.15. The Morgan fingerprint density at radius 2 is 1.21 bits per heavy atom. The largest absolute Gasteiger partial charge is 0.227 e. The summed E-state index contributed by atoms with van der Waals surface area (Å²) < 4.78 is 0. The van der Waals surface area contributed by atoms with Crippen LogP contribution in [-0.4, -0.2) is 22.5 Å². The minimum Gasteiger partial charge on any atom is -0.227 e. The molecule has 39 heavy (non-hydrogen) atoms. The normalized spacial score (nSPS) is 18.5. The van der Waals surface area contributed by atoms with Crippen LogP contribution in [0.5, 0.6) is 0 Å². The Balaban J connectivity index is 1.36. The summed E-state index contributed by atoms with van der Waals surface area (Å²) in [5, 5.41) is 8.90. The number of fused-ring (bicyclic) bond motifs is 6. The SMILES string of the molecule is C[SH]12(C)C3=CC=CC1=C3c1c(-c3ccccc3)nc(-c3ccc4c5ccccc5c5ccccc5c4c3)nc12. The Bertz CT molecular complexity index is 2160. The highest BCUT2D eigenvalue weighted by Crippen LogP contribution is 2.96. The van der Waals surface area contributed by atoms with Crippen LogP contribution in [0.3, 0.4) is 0 Å². The van der Waals surface area contributed by atoms with Gasteiger partial charge in [0.25, 0.3) is 0 Å². The average Bonchev–Trinajstić information content (AvgIpc) is 3.36. The van der Waals surface area contributed by atoms with Gasteiger partial charge in [0.15, 0.2) is 5.82 Å². The maximum atomic E-state index is 5.44. The van der Waals surface area contributed by atoms with E-state index in [1.165, 1.54) is 58.3 Å². The van der Waals surface area contributed by atoms with Crippen molar-refractivity contribution >= 4 is 47.1 Å². The predicted molar refractivity (Wildman–Crippen MR) is 169 cm³/mol. The molecule has 4 aliphatic heterocycles. The van der Waals surface area contributed by atoms with Gasteiger partial charge in [0.2, 0.25) is 0 Å². The molecule has 0 radical (unpaired) electrons. The van der Waals surface area contributed by atoms with Crippen molar-refractivity contribution in [1.29, 1.82) is 0 Å². The summed E-state index contributed by atoms with van der Waals surface area (Å²) in [5.41, 5.74) is 5.92. The lowest BCUT2D eigenvalue weighted by Crippen LogP contribution is -2.25. The highest BCUT2D eigenvalue weighted by atomic mass is 32.3. The Kier molecular flexibility index (Phi) is 3.82. The Morgan fingerprint density at radius 3 is 1.85 bits per heavy atom. The minimum absolute atomic E-state index is 0.816. The molecule has 5 aromatic carbocycles. The van der Waals surface area contributed by atoms with E-state index < -0.39 is 9.16 Å². The van der Waals surface area contributed by atoms with Crippen molar-refractivity contribution in [3.05, 3.63) is 131 Å². The van der Waals surface area contributed by atoms with Gasteiger partial charge in [0.05, 0.1) is 10.7 Å². The van der Waals surface area contributed by atoms with Crippen LogP contribution in [-0.2, 0) is 0 Å². The van der Waals surface area contributed by atoms with E-state index in [0.717, 1.165) is 22.6 Å². The van der Waals surface area contributed by atoms with Crippen molar-refractivity contribution in [3.63, 3.8) is 0 Å². The van der Waals surface area contributed by atoms with E-state index in [0.29, 0.717) is 0 Å². The van der Waals surface area contributed by atoms with E-state index in [4.69, 9.17) is 9.97 Å². The molecule has 4 bridgehead atoms. The molecule has 4 aliphatic rings. The van der Waals surface area contributed by atoms with Crippen molar-refractivity contribution in [2.24, 2.45) is 0 Å². The van der Waals surface area contributed by atoms with Crippen molar-refractivity contribution in [2.45, 2.75) is 5.03 Å². The van der Waals surface area contributed by atoms with Crippen LogP contribution in [0.1, 0.15) is 5.56 Å². The molecule has 0 fully saturated rings. The maximum Gasteiger partial charge on any atom is 0.160 e. The first-order valence-corrected chi connectivity index (χ1v) is 16.6. The second kappa shape index (κ2) is 6.93. The first-order chi connectivity index (χ1) is 19.0. The van der Waals surface area contributed by atoms with E-state index in [2.05, 4.69) is 128 Å². The standard InChI is InChI=1S/C36H26N2S/c1-39(2)30-17-10-18-31(39)32(30)33-34(22-11-4-3-5-12-22)37-35(38-36(33)39)23-19-20-28-26-15-7-6-13-24(26)25-14-8-9-16-27(25)29(28)21-23/h3-21,39H,1-2H3. The molecule has 6 aromatic rings. The highest BCUT2D eigenvalue weighted by Gasteiger charge is 2.61. The van der Waals surface area contributed by atoms with Gasteiger partial charge in [-0.15, -0.1) is 0 Å². The third-order valence-corrected chi connectivity index (χ3v) is 14.5. The molecule has 0 N–H and O–H groups in total. The van der Waals surface area contributed by atoms with Crippen LogP contribution in [0.15, 0.2) is 130 Å². The van der Waals surface area contributed by atoms with Gasteiger partial charge in [0, 0.05) is 22.3 Å². The Labute approximate surface area is 227 Å². The molecule has 0 saturated carbocycles. The second-order valence-corrected chi connectivity index (χ2v) is 17.2. The molecule has 3 heteroatoms. The molecule has 0 unspecified atom stereocenters. The van der Waals surface area contributed by atoms with Gasteiger partial charge in [-0.25, -0.2) is 19.1 Å². The fourth-order valence-electron chi connectivity index (χ4n) is 7.35. The van der Waals surface area contributed by atoms with Crippen LogP contribution in [0.2, 0.25) is 0 Å². The molecule has 0 saturated heterocycles. The van der Waals surface area contributed by atoms with Crippen LogP contribution in [0.4, 0.5) is 0 Å². The van der Waals surface area contributed by atoms with E-state index >= 15 is 0 Å². The van der Waals surface area contributed by atoms with E-state index in [9.17, 15) is 0 Å². The van der Waals surface area contributed by atoms with Gasteiger partial charge in [0.1, 0.15) is 0 Å². The van der Waals surface area contributed by atoms with Crippen molar-refractivity contribution in [1.82, 2.24) is 9.97 Å². The molecule has 5 heterocycles. The number of allylic oxidation sites excluding steroid dienone is 4. The van der Waals surface area contributed by atoms with Gasteiger partial charge >= 0.3 is 0 Å². The van der Waals surface area contributed by atoms with Gasteiger partial charge in [-0.2, -0.15) is 0 Å². The number of benzene rings is 5. The molecule has 0 aliphatic carbocycles. The van der Waals surface area contributed by atoms with Gasteiger partial charge in [-0.1, -0.05) is 109 Å². The lowest BCUT2D eigenvalue weighted by Gasteiger charge is -2.61. The second-order valence-electron chi connectivity index (χ2n) is 11.6. The lowest BCUT2D eigenvalue weighted by atomic mass is 9.93. The Hall–Kier alpha value is -4.47. The molecular weight excluding hydrogens is 492 g/mol. The summed E-state index contributed by atoms with van der Waals surface area (Å²) >= 11 is 0. The van der Waals surface area contributed by atoms with E-state index in [-0.39, 0.29) is 0 Å². The zero-order valence-corrected chi connectivity index (χ0v) is 22.7. The summed E-state index contributed by atoms with van der Waals surface area (Å²) in [7, 11) is -2.42. The molecule has 186 valence electrons. The van der Waals surface area contributed by atoms with Gasteiger partial charge in [-0.3, -0.25) is 0 Å². The van der Waals surface area contributed by atoms with Crippen molar-refractivity contribution in [2.75, 3.05) is 12.5 Å². The molecule has 0 spiro atoms. The molecule has 0 atom stereocenters. The van der Waals surface area contributed by atoms with Crippen molar-refractivity contribution in [3.8, 4) is 22.6 Å². The minimum atomic E-state index is -2.42. The van der Waals surface area contributed by atoms with Crippen LogP contribution in [0.25, 0.3) is 60.5 Å². The number of hydrogen-bond acceptors (Lipinski definition) is 2. The summed E-state index contributed by atoms with van der Waals surface area (Å²) in [6, 6.07) is 34.9. The van der Waals surface area contributed by atoms with Gasteiger partial charge < -0.3 is 0 Å².